The summed E-state index contributed by atoms with van der Waals surface area (Å²) in [6.07, 6.45) is 3.01. The zero-order valence-electron chi connectivity index (χ0n) is 32.2. The van der Waals surface area contributed by atoms with E-state index < -0.39 is 23.6 Å². The first-order valence-electron chi connectivity index (χ1n) is 18.3. The van der Waals surface area contributed by atoms with Gasteiger partial charge in [-0.1, -0.05) is 12.1 Å². The number of fused-ring (bicyclic) bond motifs is 3. The minimum atomic E-state index is -0.732. The Morgan fingerprint density at radius 3 is 2.33 bits per heavy atom. The fraction of sp³-hybridized carbons (Fsp3) is 0.405. The maximum absolute atomic E-state index is 14.6. The predicted octanol–water partition coefficient (Wildman–Crippen LogP) is 8.50. The number of piperidine rings is 1. The lowest BCUT2D eigenvalue weighted by atomic mass is 9.93. The summed E-state index contributed by atoms with van der Waals surface area (Å²) >= 11 is 1.57. The number of nitrogens with one attached hydrogen (secondary N) is 2. The van der Waals surface area contributed by atoms with Gasteiger partial charge in [-0.05, 0) is 126 Å². The number of anilines is 1. The smallest absolute Gasteiger partial charge is 0.407 e. The number of likely N-dealkylation sites (tertiary alicyclic amines) is 1. The lowest BCUT2D eigenvalue weighted by molar-refractivity contribution is 0.0499. The second-order valence-corrected chi connectivity index (χ2v) is 16.0. The van der Waals surface area contributed by atoms with Crippen LogP contribution in [-0.4, -0.2) is 65.2 Å². The first kappa shape index (κ1) is 38.5. The van der Waals surface area contributed by atoms with Crippen LogP contribution in [0.5, 0.6) is 5.75 Å². The van der Waals surface area contributed by atoms with Gasteiger partial charge in [-0.25, -0.2) is 14.6 Å². The highest BCUT2D eigenvalue weighted by atomic mass is 32.1. The Labute approximate surface area is 320 Å². The quantitative estimate of drug-likeness (QED) is 0.180. The lowest BCUT2D eigenvalue weighted by Crippen LogP contribution is -2.47. The van der Waals surface area contributed by atoms with Crippen molar-refractivity contribution in [1.29, 1.82) is 0 Å². The van der Waals surface area contributed by atoms with Crippen LogP contribution >= 0.6 is 11.3 Å². The molecule has 11 nitrogen and oxygen atoms in total. The van der Waals surface area contributed by atoms with Gasteiger partial charge in [-0.3, -0.25) is 9.59 Å². The first-order valence-corrected chi connectivity index (χ1v) is 19.2. The maximum Gasteiger partial charge on any atom is 0.407 e. The number of thiophene rings is 1. The normalized spacial score (nSPS) is 16.6. The summed E-state index contributed by atoms with van der Waals surface area (Å²) < 4.78 is 16.8. The minimum Gasteiger partial charge on any atom is -0.493 e. The number of esters is 1. The second kappa shape index (κ2) is 15.6. The molecule has 1 saturated heterocycles. The molecule has 1 fully saturated rings. The molecule has 2 aromatic heterocycles. The van der Waals surface area contributed by atoms with Crippen molar-refractivity contribution in [3.05, 3.63) is 87.0 Å². The van der Waals surface area contributed by atoms with Crippen LogP contribution in [0.25, 0.3) is 21.6 Å². The molecular weight excluding hydrogens is 705 g/mol. The van der Waals surface area contributed by atoms with Gasteiger partial charge >= 0.3 is 12.1 Å². The van der Waals surface area contributed by atoms with E-state index in [1.165, 1.54) is 7.11 Å². The Hall–Kier alpha value is -5.23. The second-order valence-electron chi connectivity index (χ2n) is 15.1. The van der Waals surface area contributed by atoms with E-state index in [0.29, 0.717) is 35.6 Å². The first-order chi connectivity index (χ1) is 25.6. The van der Waals surface area contributed by atoms with E-state index in [0.717, 1.165) is 52.0 Å². The maximum atomic E-state index is 14.6. The number of benzene rings is 2. The van der Waals surface area contributed by atoms with Crippen molar-refractivity contribution in [3.8, 4) is 27.3 Å². The van der Waals surface area contributed by atoms with Crippen LogP contribution in [0.4, 0.5) is 10.5 Å². The van der Waals surface area contributed by atoms with Crippen molar-refractivity contribution in [3.63, 3.8) is 0 Å². The Kier molecular flexibility index (Phi) is 11.1. The Morgan fingerprint density at radius 2 is 1.67 bits per heavy atom. The number of carbonyl (C=O) groups is 4. The van der Waals surface area contributed by atoms with Crippen LogP contribution in [0, 0.1) is 13.8 Å². The van der Waals surface area contributed by atoms with E-state index in [4.69, 9.17) is 14.2 Å². The molecule has 0 spiro atoms. The summed E-state index contributed by atoms with van der Waals surface area (Å²) in [5.41, 5.74) is 5.43. The molecule has 12 heteroatoms. The number of alkyl carbamates (subject to hydrolysis) is 1. The summed E-state index contributed by atoms with van der Waals surface area (Å²) in [5, 5.41) is 7.94. The monoisotopic (exact) mass is 752 g/mol. The zero-order valence-corrected chi connectivity index (χ0v) is 33.0. The fourth-order valence-corrected chi connectivity index (χ4v) is 8.33. The fourth-order valence-electron chi connectivity index (χ4n) is 7.35. The highest BCUT2D eigenvalue weighted by molar-refractivity contribution is 7.13. The lowest BCUT2D eigenvalue weighted by Gasteiger charge is -2.38. The molecule has 2 unspecified atom stereocenters. The van der Waals surface area contributed by atoms with Crippen LogP contribution in [0.15, 0.2) is 47.8 Å². The molecule has 2 N–H and O–H groups in total. The number of hydrogen-bond donors (Lipinski definition) is 2. The summed E-state index contributed by atoms with van der Waals surface area (Å²) in [6.45, 7) is 13.9. The van der Waals surface area contributed by atoms with Gasteiger partial charge in [0.05, 0.1) is 13.7 Å². The van der Waals surface area contributed by atoms with Crippen molar-refractivity contribution < 1.29 is 33.4 Å². The zero-order chi connectivity index (χ0) is 38.9. The third-order valence-corrected chi connectivity index (χ3v) is 10.9. The van der Waals surface area contributed by atoms with Crippen molar-refractivity contribution in [1.82, 2.24) is 15.2 Å². The summed E-state index contributed by atoms with van der Waals surface area (Å²) in [4.78, 5) is 61.6. The summed E-state index contributed by atoms with van der Waals surface area (Å²) in [6, 6.07) is 12.8. The molecule has 2 aliphatic heterocycles. The highest BCUT2D eigenvalue weighted by Gasteiger charge is 2.32. The van der Waals surface area contributed by atoms with E-state index in [2.05, 4.69) is 21.7 Å². The van der Waals surface area contributed by atoms with Gasteiger partial charge in [0.15, 0.2) is 5.69 Å². The molecule has 0 radical (unpaired) electrons. The minimum absolute atomic E-state index is 0.0330. The molecule has 4 aromatic rings. The molecule has 54 heavy (non-hydrogen) atoms. The van der Waals surface area contributed by atoms with Gasteiger partial charge in [0.25, 0.3) is 11.8 Å². The predicted molar refractivity (Wildman–Crippen MR) is 209 cm³/mol. The summed E-state index contributed by atoms with van der Waals surface area (Å²) in [5.74, 6) is -0.822. The number of hydrogen-bond acceptors (Lipinski definition) is 9. The van der Waals surface area contributed by atoms with E-state index in [1.54, 1.807) is 50.3 Å². The molecule has 0 aliphatic carbocycles. The van der Waals surface area contributed by atoms with Gasteiger partial charge in [0.2, 0.25) is 0 Å². The largest absolute Gasteiger partial charge is 0.493 e. The third kappa shape index (κ3) is 8.13. The van der Waals surface area contributed by atoms with Crippen molar-refractivity contribution in [2.24, 2.45) is 0 Å². The molecule has 3 amide bonds. The molecular formula is C42H48N4O7S. The Bertz CT molecular complexity index is 2080. The van der Waals surface area contributed by atoms with Crippen molar-refractivity contribution in [2.75, 3.05) is 19.0 Å². The van der Waals surface area contributed by atoms with E-state index in [9.17, 15) is 19.2 Å². The van der Waals surface area contributed by atoms with Crippen molar-refractivity contribution in [2.45, 2.75) is 98.4 Å². The molecule has 2 atom stereocenters. The van der Waals surface area contributed by atoms with Crippen LogP contribution < -0.4 is 15.4 Å². The molecule has 2 aliphatic rings. The molecule has 4 heterocycles. The van der Waals surface area contributed by atoms with Crippen LogP contribution in [0.1, 0.15) is 107 Å². The molecule has 6 rings (SSSR count). The Morgan fingerprint density at radius 1 is 0.963 bits per heavy atom. The number of rotatable bonds is 7. The number of aromatic nitrogens is 1. The van der Waals surface area contributed by atoms with Crippen LogP contribution in [0.3, 0.4) is 0 Å². The van der Waals surface area contributed by atoms with E-state index in [1.807, 2.05) is 56.2 Å². The van der Waals surface area contributed by atoms with Gasteiger partial charge in [0.1, 0.15) is 17.0 Å². The average Bonchev–Trinajstić information content (AvgIpc) is 3.51. The average molecular weight is 753 g/mol. The van der Waals surface area contributed by atoms with Crippen LogP contribution in [0.2, 0.25) is 0 Å². The van der Waals surface area contributed by atoms with Crippen molar-refractivity contribution >= 4 is 40.9 Å². The number of ether oxygens (including phenoxy) is 3. The van der Waals surface area contributed by atoms with E-state index in [-0.39, 0.29) is 41.5 Å². The number of carbonyl (C=O) groups excluding carboxylic acids is 4. The highest BCUT2D eigenvalue weighted by Crippen LogP contribution is 2.43. The molecule has 0 saturated carbocycles. The molecule has 2 aromatic carbocycles. The SMILES string of the molecule is COC(=O)c1nc(C(=O)N2C(C)CCCC2C)ccc1-c1cc2c(cc1C(=O)Nc1c(C)cc(CNC(=O)OC(C)(C)C)cc1C)-c1sccc1CCO2. The number of amides is 3. The van der Waals surface area contributed by atoms with Gasteiger partial charge in [-0.2, -0.15) is 0 Å². The number of aryl methyl sites for hydroxylation is 2. The molecule has 0 bridgehead atoms. The van der Waals surface area contributed by atoms with Gasteiger partial charge in [0, 0.05) is 57.9 Å². The number of pyridine rings is 1. The third-order valence-electron chi connectivity index (χ3n) is 9.86. The number of methoxy groups -OCH3 is 1. The van der Waals surface area contributed by atoms with Crippen LogP contribution in [-0.2, 0) is 22.4 Å². The van der Waals surface area contributed by atoms with E-state index >= 15 is 0 Å². The number of nitrogens with zero attached hydrogens (tertiary/aromatic N) is 2. The summed E-state index contributed by atoms with van der Waals surface area (Å²) in [7, 11) is 1.27. The standard InChI is InChI=1S/C42H48N4O7S/c1-23-18-27(22-43-41(50)53-42(5,6)7)19-24(2)35(23)45-38(47)31-20-32-34(52-16-14-28-15-17-54-37(28)32)21-30(31)29-12-13-33(44-36(29)40(49)51-8)39(48)46-25(3)10-9-11-26(46)4/h12-13,15,17-21,25-26H,9-11,14,16,22H2,1-8H3,(H,43,50)(H,45,47). The Balaban J connectivity index is 1.41. The topological polar surface area (TPSA) is 136 Å². The van der Waals surface area contributed by atoms with Gasteiger partial charge < -0.3 is 29.7 Å². The molecule has 284 valence electrons. The van der Waals surface area contributed by atoms with Gasteiger partial charge in [-0.15, -0.1) is 11.3 Å².